The number of hydrogen-bond donors (Lipinski definition) is 0. The maximum Gasteiger partial charge on any atom is 0.294 e. The van der Waals surface area contributed by atoms with Crippen molar-refractivity contribution in [1.82, 2.24) is 18.8 Å². The van der Waals surface area contributed by atoms with E-state index in [1.54, 1.807) is 41.2 Å². The van der Waals surface area contributed by atoms with E-state index in [-0.39, 0.29) is 11.5 Å². The fraction of sp³-hybridized carbons (Fsp3) is 0.409. The average Bonchev–Trinajstić information content (AvgIpc) is 2.75. The van der Waals surface area contributed by atoms with Gasteiger partial charge in [0, 0.05) is 38.9 Å². The number of fused-ring (bicyclic) bond motifs is 1. The van der Waals surface area contributed by atoms with Gasteiger partial charge in [-0.05, 0) is 36.6 Å². The van der Waals surface area contributed by atoms with E-state index in [0.29, 0.717) is 54.5 Å². The van der Waals surface area contributed by atoms with E-state index in [0.717, 1.165) is 5.56 Å². The first kappa shape index (κ1) is 21.5. The van der Waals surface area contributed by atoms with Crippen LogP contribution in [0.15, 0.2) is 52.4 Å². The third kappa shape index (κ3) is 4.20. The summed E-state index contributed by atoms with van der Waals surface area (Å²) in [6, 6.07) is 8.74. The van der Waals surface area contributed by atoms with Crippen LogP contribution < -0.4 is 10.5 Å². The maximum absolute atomic E-state index is 13.3. The van der Waals surface area contributed by atoms with Gasteiger partial charge >= 0.3 is 0 Å². The van der Waals surface area contributed by atoms with Crippen LogP contribution >= 0.6 is 0 Å². The van der Waals surface area contributed by atoms with Crippen LogP contribution in [0.1, 0.15) is 19.4 Å². The largest absolute Gasteiger partial charge is 0.349 e. The molecule has 0 radical (unpaired) electrons. The van der Waals surface area contributed by atoms with E-state index < -0.39 is 10.0 Å². The van der Waals surface area contributed by atoms with Gasteiger partial charge in [-0.2, -0.15) is 4.31 Å². The van der Waals surface area contributed by atoms with Gasteiger partial charge in [0.15, 0.2) is 5.82 Å². The van der Waals surface area contributed by atoms with E-state index in [2.05, 4.69) is 23.8 Å². The van der Waals surface area contributed by atoms with E-state index in [9.17, 15) is 13.2 Å². The number of anilines is 1. The Morgan fingerprint density at radius 3 is 2.52 bits per heavy atom. The van der Waals surface area contributed by atoms with Crippen LogP contribution in [-0.2, 0) is 16.6 Å². The Morgan fingerprint density at radius 1 is 1.10 bits per heavy atom. The van der Waals surface area contributed by atoms with Gasteiger partial charge in [-0.15, -0.1) is 0 Å². The minimum absolute atomic E-state index is 0.163. The molecule has 9 heteroatoms. The zero-order chi connectivity index (χ0) is 22.2. The average molecular weight is 442 g/mol. The summed E-state index contributed by atoms with van der Waals surface area (Å²) in [6.45, 7) is 7.98. The lowest BCUT2D eigenvalue weighted by Gasteiger charge is -2.34. The van der Waals surface area contributed by atoms with Gasteiger partial charge in [-0.1, -0.05) is 26.0 Å². The summed E-state index contributed by atoms with van der Waals surface area (Å²) in [6.07, 6.45) is 3.33. The van der Waals surface area contributed by atoms with Crippen LogP contribution in [-0.4, -0.2) is 53.4 Å². The van der Waals surface area contributed by atoms with Gasteiger partial charge in [-0.25, -0.2) is 13.4 Å². The van der Waals surface area contributed by atoms with Gasteiger partial charge < -0.3 is 9.47 Å². The summed E-state index contributed by atoms with van der Waals surface area (Å²) in [4.78, 5) is 24.2. The van der Waals surface area contributed by atoms with Crippen molar-refractivity contribution in [2.45, 2.75) is 32.2 Å². The lowest BCUT2D eigenvalue weighted by Crippen LogP contribution is -2.50. The Kier molecular flexibility index (Phi) is 5.81. The molecule has 164 valence electrons. The molecule has 0 unspecified atom stereocenters. The van der Waals surface area contributed by atoms with Crippen LogP contribution in [0.2, 0.25) is 0 Å². The summed E-state index contributed by atoms with van der Waals surface area (Å²) in [5.41, 5.74) is 2.16. The molecule has 1 aliphatic rings. The summed E-state index contributed by atoms with van der Waals surface area (Å²) < 4.78 is 29.2. The Bertz CT molecular complexity index is 1260. The molecule has 3 aromatic rings. The molecule has 1 fully saturated rings. The monoisotopic (exact) mass is 441 g/mol. The first-order valence-corrected chi connectivity index (χ1v) is 11.9. The fourth-order valence-corrected chi connectivity index (χ4v) is 5.42. The molecule has 1 saturated heterocycles. The number of sulfonamides is 1. The molecular weight excluding hydrogens is 414 g/mol. The molecule has 0 saturated carbocycles. The third-order valence-electron chi connectivity index (χ3n) is 5.44. The molecule has 31 heavy (non-hydrogen) atoms. The number of aryl methyl sites for hydroxylation is 1. The lowest BCUT2D eigenvalue weighted by molar-refractivity contribution is 0.383. The second-order valence-electron chi connectivity index (χ2n) is 8.32. The Morgan fingerprint density at radius 2 is 1.84 bits per heavy atom. The highest BCUT2D eigenvalue weighted by Gasteiger charge is 2.30. The van der Waals surface area contributed by atoms with Crippen LogP contribution in [0, 0.1) is 12.8 Å². The smallest absolute Gasteiger partial charge is 0.294 e. The van der Waals surface area contributed by atoms with Crippen LogP contribution in [0.3, 0.4) is 0 Å². The predicted molar refractivity (Wildman–Crippen MR) is 121 cm³/mol. The number of piperazine rings is 1. The topological polar surface area (TPSA) is 88.4 Å². The van der Waals surface area contributed by atoms with Gasteiger partial charge in [-0.3, -0.25) is 9.78 Å². The lowest BCUT2D eigenvalue weighted by atomic mass is 10.2. The Balaban J connectivity index is 1.62. The Labute approximate surface area is 182 Å². The number of rotatable bonds is 5. The van der Waals surface area contributed by atoms with E-state index >= 15 is 0 Å². The zero-order valence-corrected chi connectivity index (χ0v) is 18.8. The van der Waals surface area contributed by atoms with Crippen LogP contribution in [0.5, 0.6) is 0 Å². The molecule has 1 aromatic carbocycles. The van der Waals surface area contributed by atoms with Crippen molar-refractivity contribution in [2.75, 3.05) is 31.1 Å². The fourth-order valence-electron chi connectivity index (χ4n) is 3.89. The van der Waals surface area contributed by atoms with Gasteiger partial charge in [0.05, 0.1) is 22.1 Å². The summed E-state index contributed by atoms with van der Waals surface area (Å²) in [5, 5.41) is 0. The molecule has 0 bridgehead atoms. The van der Waals surface area contributed by atoms with Gasteiger partial charge in [0.2, 0.25) is 10.0 Å². The van der Waals surface area contributed by atoms with Gasteiger partial charge in [0.25, 0.3) is 5.56 Å². The number of aromatic nitrogens is 3. The number of benzene rings is 1. The van der Waals surface area contributed by atoms with Crippen LogP contribution in [0.4, 0.5) is 5.82 Å². The van der Waals surface area contributed by atoms with Crippen molar-refractivity contribution in [1.29, 1.82) is 0 Å². The highest BCUT2D eigenvalue weighted by atomic mass is 32.2. The van der Waals surface area contributed by atoms with E-state index in [4.69, 9.17) is 0 Å². The second-order valence-corrected chi connectivity index (χ2v) is 10.3. The third-order valence-corrected chi connectivity index (χ3v) is 7.34. The molecule has 0 N–H and O–H groups in total. The molecule has 0 spiro atoms. The highest BCUT2D eigenvalue weighted by molar-refractivity contribution is 7.89. The number of hydrogen-bond acceptors (Lipinski definition) is 6. The minimum Gasteiger partial charge on any atom is -0.349 e. The highest BCUT2D eigenvalue weighted by Crippen LogP contribution is 2.21. The zero-order valence-electron chi connectivity index (χ0n) is 18.0. The van der Waals surface area contributed by atoms with E-state index in [1.165, 1.54) is 4.31 Å². The number of pyridine rings is 1. The van der Waals surface area contributed by atoms with Gasteiger partial charge in [0.1, 0.15) is 0 Å². The minimum atomic E-state index is -3.56. The Hall–Kier alpha value is -2.78. The molecule has 1 aliphatic heterocycles. The molecule has 0 aliphatic carbocycles. The maximum atomic E-state index is 13.3. The van der Waals surface area contributed by atoms with Crippen molar-refractivity contribution in [3.05, 3.63) is 58.6 Å². The summed E-state index contributed by atoms with van der Waals surface area (Å²) in [5.74, 6) is 0.652. The quantitative estimate of drug-likeness (QED) is 0.604. The summed E-state index contributed by atoms with van der Waals surface area (Å²) in [7, 11) is -3.56. The molecule has 8 nitrogen and oxygen atoms in total. The SMILES string of the molecule is Cc1cccc(S(=O)(=O)N2CCN(c3nc4ccncc4n(CC(C)C)c3=O)CC2)c1. The van der Waals surface area contributed by atoms with Crippen LogP contribution in [0.25, 0.3) is 11.0 Å². The normalized spacial score (nSPS) is 15.7. The summed E-state index contributed by atoms with van der Waals surface area (Å²) >= 11 is 0. The second kappa shape index (κ2) is 8.39. The molecule has 4 rings (SSSR count). The molecule has 0 amide bonds. The first-order chi connectivity index (χ1) is 14.8. The number of nitrogens with zero attached hydrogens (tertiary/aromatic N) is 5. The standard InChI is InChI=1S/C22H27N5O3S/c1-16(2)15-27-20-14-23-8-7-19(20)24-21(22(27)28)25-9-11-26(12-10-25)31(29,30)18-6-4-5-17(3)13-18/h4-8,13-14,16H,9-12,15H2,1-3H3. The predicted octanol–water partition coefficient (Wildman–Crippen LogP) is 2.27. The first-order valence-electron chi connectivity index (χ1n) is 10.4. The molecule has 2 aromatic heterocycles. The van der Waals surface area contributed by atoms with Crippen molar-refractivity contribution >= 4 is 26.9 Å². The molecular formula is C22H27N5O3S. The van der Waals surface area contributed by atoms with Crippen molar-refractivity contribution < 1.29 is 8.42 Å². The molecule has 0 atom stereocenters. The molecule has 3 heterocycles. The van der Waals surface area contributed by atoms with Crippen molar-refractivity contribution in [3.63, 3.8) is 0 Å². The van der Waals surface area contributed by atoms with Crippen molar-refractivity contribution in [2.24, 2.45) is 5.92 Å². The van der Waals surface area contributed by atoms with E-state index in [1.807, 2.05) is 17.9 Å². The van der Waals surface area contributed by atoms with Crippen molar-refractivity contribution in [3.8, 4) is 0 Å².